The highest BCUT2D eigenvalue weighted by Crippen LogP contribution is 2.37. The summed E-state index contributed by atoms with van der Waals surface area (Å²) in [5, 5.41) is 20.2. The van der Waals surface area contributed by atoms with E-state index in [0.29, 0.717) is 16.9 Å². The standard InChI is InChI=1S/C16H15NO5/c1-9-6-10(2)15(22-3)13(7-9)12-5-4-11(17(20)21)8-14(12)16(18)19/h4-8H,1-3H3,(H,18,19). The van der Waals surface area contributed by atoms with Gasteiger partial charge in [0.15, 0.2) is 0 Å². The predicted octanol–water partition coefficient (Wildman–Crippen LogP) is 3.59. The fourth-order valence-electron chi connectivity index (χ4n) is 2.48. The quantitative estimate of drug-likeness (QED) is 0.688. The van der Waals surface area contributed by atoms with Crippen molar-refractivity contribution in [2.45, 2.75) is 13.8 Å². The molecule has 22 heavy (non-hydrogen) atoms. The van der Waals surface area contributed by atoms with Crippen molar-refractivity contribution in [3.05, 3.63) is 57.1 Å². The number of aromatic carboxylic acids is 1. The highest BCUT2D eigenvalue weighted by Gasteiger charge is 2.20. The molecule has 1 N–H and O–H groups in total. The molecule has 0 aliphatic heterocycles. The van der Waals surface area contributed by atoms with E-state index in [1.807, 2.05) is 19.9 Å². The summed E-state index contributed by atoms with van der Waals surface area (Å²) >= 11 is 0. The molecule has 0 aliphatic carbocycles. The maximum Gasteiger partial charge on any atom is 0.336 e. The van der Waals surface area contributed by atoms with Crippen LogP contribution in [0.2, 0.25) is 0 Å². The van der Waals surface area contributed by atoms with Gasteiger partial charge in [0.25, 0.3) is 5.69 Å². The Kier molecular flexibility index (Phi) is 4.12. The lowest BCUT2D eigenvalue weighted by Gasteiger charge is -2.14. The van der Waals surface area contributed by atoms with Crippen LogP contribution in [0, 0.1) is 24.0 Å². The Labute approximate surface area is 127 Å². The minimum Gasteiger partial charge on any atom is -0.496 e. The van der Waals surface area contributed by atoms with Gasteiger partial charge >= 0.3 is 5.97 Å². The highest BCUT2D eigenvalue weighted by atomic mass is 16.6. The number of hydrogen-bond acceptors (Lipinski definition) is 4. The van der Waals surface area contributed by atoms with Gasteiger partial charge in [-0.1, -0.05) is 6.07 Å². The predicted molar refractivity (Wildman–Crippen MR) is 81.5 cm³/mol. The SMILES string of the molecule is COc1c(C)cc(C)cc1-c1ccc([N+](=O)[O-])cc1C(=O)O. The molecule has 0 heterocycles. The molecule has 0 unspecified atom stereocenters. The lowest BCUT2D eigenvalue weighted by Crippen LogP contribution is -2.03. The molecule has 0 fully saturated rings. The van der Waals surface area contributed by atoms with Crippen LogP contribution in [0.4, 0.5) is 5.69 Å². The summed E-state index contributed by atoms with van der Waals surface area (Å²) in [6, 6.07) is 7.53. The number of rotatable bonds is 4. The molecule has 0 radical (unpaired) electrons. The second kappa shape index (κ2) is 5.85. The molecular formula is C16H15NO5. The van der Waals surface area contributed by atoms with Crippen molar-refractivity contribution in [2.24, 2.45) is 0 Å². The van der Waals surface area contributed by atoms with E-state index in [1.54, 1.807) is 6.07 Å². The van der Waals surface area contributed by atoms with Crippen LogP contribution in [0.15, 0.2) is 30.3 Å². The van der Waals surface area contributed by atoms with Crippen LogP contribution in [0.25, 0.3) is 11.1 Å². The molecule has 0 amide bonds. The first-order valence-electron chi connectivity index (χ1n) is 6.52. The zero-order valence-corrected chi connectivity index (χ0v) is 12.4. The number of aryl methyl sites for hydroxylation is 2. The van der Waals surface area contributed by atoms with Crippen molar-refractivity contribution in [3.63, 3.8) is 0 Å². The van der Waals surface area contributed by atoms with E-state index in [9.17, 15) is 20.0 Å². The molecule has 0 bridgehead atoms. The Balaban J connectivity index is 2.77. The average molecular weight is 301 g/mol. The first-order chi connectivity index (χ1) is 10.3. The minimum atomic E-state index is -1.22. The first-order valence-corrected chi connectivity index (χ1v) is 6.52. The third kappa shape index (κ3) is 2.76. The second-order valence-electron chi connectivity index (χ2n) is 4.95. The molecule has 6 heteroatoms. The average Bonchev–Trinajstić information content (AvgIpc) is 2.45. The summed E-state index contributed by atoms with van der Waals surface area (Å²) in [5.41, 5.74) is 2.42. The van der Waals surface area contributed by atoms with Crippen molar-refractivity contribution >= 4 is 11.7 Å². The van der Waals surface area contributed by atoms with Crippen molar-refractivity contribution in [2.75, 3.05) is 7.11 Å². The Morgan fingerprint density at radius 2 is 1.86 bits per heavy atom. The van der Waals surface area contributed by atoms with Crippen LogP contribution < -0.4 is 4.74 Å². The van der Waals surface area contributed by atoms with Crippen molar-refractivity contribution in [3.8, 4) is 16.9 Å². The van der Waals surface area contributed by atoms with Gasteiger partial charge < -0.3 is 9.84 Å². The minimum absolute atomic E-state index is 0.127. The van der Waals surface area contributed by atoms with E-state index >= 15 is 0 Å². The van der Waals surface area contributed by atoms with E-state index in [4.69, 9.17) is 4.74 Å². The molecule has 2 aromatic carbocycles. The zero-order chi connectivity index (χ0) is 16.4. The molecule has 0 saturated carbocycles. The molecule has 114 valence electrons. The monoisotopic (exact) mass is 301 g/mol. The number of nitro groups is 1. The van der Waals surface area contributed by atoms with Gasteiger partial charge in [0.2, 0.25) is 0 Å². The molecule has 2 aromatic rings. The van der Waals surface area contributed by atoms with Crippen LogP contribution in [-0.4, -0.2) is 23.1 Å². The lowest BCUT2D eigenvalue weighted by atomic mass is 9.95. The second-order valence-corrected chi connectivity index (χ2v) is 4.95. The third-order valence-corrected chi connectivity index (χ3v) is 3.36. The normalized spacial score (nSPS) is 10.3. The Morgan fingerprint density at radius 1 is 1.18 bits per heavy atom. The molecular weight excluding hydrogens is 286 g/mol. The Bertz CT molecular complexity index is 767. The fourth-order valence-corrected chi connectivity index (χ4v) is 2.48. The molecule has 0 aliphatic rings. The molecule has 2 rings (SSSR count). The van der Waals surface area contributed by atoms with Crippen molar-refractivity contribution in [1.29, 1.82) is 0 Å². The summed E-state index contributed by atoms with van der Waals surface area (Å²) in [6.45, 7) is 3.75. The van der Waals surface area contributed by atoms with Gasteiger partial charge in [-0.15, -0.1) is 0 Å². The van der Waals surface area contributed by atoms with Gasteiger partial charge in [-0.25, -0.2) is 4.79 Å². The van der Waals surface area contributed by atoms with Crippen molar-refractivity contribution < 1.29 is 19.6 Å². The maximum atomic E-state index is 11.5. The third-order valence-electron chi connectivity index (χ3n) is 3.36. The number of carbonyl (C=O) groups is 1. The number of benzene rings is 2. The first kappa shape index (κ1) is 15.5. The lowest BCUT2D eigenvalue weighted by molar-refractivity contribution is -0.384. The number of ether oxygens (including phenoxy) is 1. The summed E-state index contributed by atoms with van der Waals surface area (Å²) in [6.07, 6.45) is 0. The van der Waals surface area contributed by atoms with E-state index in [0.717, 1.165) is 17.2 Å². The molecule has 6 nitrogen and oxygen atoms in total. The molecule has 0 atom stereocenters. The summed E-state index contributed by atoms with van der Waals surface area (Å²) in [4.78, 5) is 21.7. The van der Waals surface area contributed by atoms with Gasteiger partial charge in [-0.2, -0.15) is 0 Å². The van der Waals surface area contributed by atoms with Gasteiger partial charge in [-0.05, 0) is 37.1 Å². The molecule has 0 saturated heterocycles. The number of carboxylic acids is 1. The number of nitrogens with zero attached hydrogens (tertiary/aromatic N) is 1. The maximum absolute atomic E-state index is 11.5. The van der Waals surface area contributed by atoms with Gasteiger partial charge in [0.05, 0.1) is 17.6 Å². The number of carboxylic acid groups (broad SMARTS) is 1. The van der Waals surface area contributed by atoms with Gasteiger partial charge in [0.1, 0.15) is 5.75 Å². The number of hydrogen-bond donors (Lipinski definition) is 1. The smallest absolute Gasteiger partial charge is 0.336 e. The molecule has 0 spiro atoms. The summed E-state index contributed by atoms with van der Waals surface area (Å²) in [5.74, 6) is -0.665. The van der Waals surface area contributed by atoms with Crippen LogP contribution in [0.1, 0.15) is 21.5 Å². The van der Waals surface area contributed by atoms with Crippen molar-refractivity contribution in [1.82, 2.24) is 0 Å². The Hall–Kier alpha value is -2.89. The summed E-state index contributed by atoms with van der Waals surface area (Å²) < 4.78 is 5.37. The topological polar surface area (TPSA) is 89.7 Å². The largest absolute Gasteiger partial charge is 0.496 e. The van der Waals surface area contributed by atoms with Gasteiger partial charge in [0, 0.05) is 23.3 Å². The number of methoxy groups -OCH3 is 1. The molecule has 0 aromatic heterocycles. The van der Waals surface area contributed by atoms with Crippen LogP contribution in [0.3, 0.4) is 0 Å². The van der Waals surface area contributed by atoms with Crippen LogP contribution in [-0.2, 0) is 0 Å². The van der Waals surface area contributed by atoms with E-state index < -0.39 is 10.9 Å². The van der Waals surface area contributed by atoms with E-state index in [1.165, 1.54) is 19.2 Å². The fraction of sp³-hybridized carbons (Fsp3) is 0.188. The number of nitro benzene ring substituents is 1. The van der Waals surface area contributed by atoms with Crippen LogP contribution in [0.5, 0.6) is 5.75 Å². The van der Waals surface area contributed by atoms with Gasteiger partial charge in [-0.3, -0.25) is 10.1 Å². The summed E-state index contributed by atoms with van der Waals surface area (Å²) in [7, 11) is 1.51. The highest BCUT2D eigenvalue weighted by molar-refractivity contribution is 5.98. The van der Waals surface area contributed by atoms with E-state index in [2.05, 4.69) is 0 Å². The zero-order valence-electron chi connectivity index (χ0n) is 12.4. The van der Waals surface area contributed by atoms with E-state index in [-0.39, 0.29) is 11.3 Å². The van der Waals surface area contributed by atoms with Crippen LogP contribution >= 0.6 is 0 Å². The number of non-ortho nitro benzene ring substituents is 1. The Morgan fingerprint density at radius 3 is 2.41 bits per heavy atom.